The van der Waals surface area contributed by atoms with E-state index in [0.717, 1.165) is 17.7 Å². The molecular weight excluding hydrogens is 257 g/mol. The molecule has 0 N–H and O–H groups in total. The largest absolute Gasteiger partial charge is 0.304 e. The summed E-state index contributed by atoms with van der Waals surface area (Å²) < 4.78 is 13.5. The molecule has 2 rings (SSSR count). The minimum Gasteiger partial charge on any atom is -0.258 e. The first-order valence-corrected chi connectivity index (χ1v) is 5.66. The lowest BCUT2D eigenvalue weighted by Gasteiger charge is -2.10. The Morgan fingerprint density at radius 1 is 1.11 bits per heavy atom. The molecule has 0 aliphatic rings. The van der Waals surface area contributed by atoms with Gasteiger partial charge in [0.25, 0.3) is 0 Å². The van der Waals surface area contributed by atoms with Gasteiger partial charge in [-0.2, -0.15) is 4.39 Å². The Bertz CT molecular complexity index is 574. The minimum atomic E-state index is -0.876. The fourth-order valence-electron chi connectivity index (χ4n) is 1.64. The Hall–Kier alpha value is -1.94. The molecular formula is C13H9ClFNO2. The molecule has 0 fully saturated rings. The van der Waals surface area contributed by atoms with Gasteiger partial charge in [0.2, 0.25) is 5.82 Å². The molecule has 92 valence electrons. The Morgan fingerprint density at radius 3 is 2.33 bits per heavy atom. The quantitative estimate of drug-likeness (QED) is 0.477. The summed E-state index contributed by atoms with van der Waals surface area (Å²) in [5.74, 6) is -0.876. The Kier molecular flexibility index (Phi) is 3.58. The maximum Gasteiger partial charge on any atom is 0.304 e. The van der Waals surface area contributed by atoms with Gasteiger partial charge in [0.05, 0.1) is 10.3 Å². The van der Waals surface area contributed by atoms with Crippen LogP contribution < -0.4 is 0 Å². The topological polar surface area (TPSA) is 43.1 Å². The minimum absolute atomic E-state index is 0.492. The molecule has 1 atom stereocenters. The number of alkyl halides is 1. The van der Waals surface area contributed by atoms with Crippen LogP contribution in [0.1, 0.15) is 16.5 Å². The van der Waals surface area contributed by atoms with E-state index in [-0.39, 0.29) is 0 Å². The van der Waals surface area contributed by atoms with Gasteiger partial charge >= 0.3 is 5.69 Å². The van der Waals surface area contributed by atoms with Gasteiger partial charge in [-0.1, -0.05) is 36.4 Å². The van der Waals surface area contributed by atoms with E-state index >= 15 is 0 Å². The molecule has 0 bridgehead atoms. The zero-order valence-electron chi connectivity index (χ0n) is 9.22. The molecule has 0 saturated heterocycles. The van der Waals surface area contributed by atoms with Gasteiger partial charge in [-0.15, -0.1) is 11.6 Å². The monoisotopic (exact) mass is 265 g/mol. The normalized spacial score (nSPS) is 12.1. The highest BCUT2D eigenvalue weighted by molar-refractivity contribution is 6.22. The molecule has 0 aromatic heterocycles. The van der Waals surface area contributed by atoms with E-state index in [0.29, 0.717) is 5.56 Å². The van der Waals surface area contributed by atoms with Crippen LogP contribution in [-0.2, 0) is 0 Å². The molecule has 3 nitrogen and oxygen atoms in total. The average Bonchev–Trinajstić information content (AvgIpc) is 2.38. The lowest BCUT2D eigenvalue weighted by Crippen LogP contribution is -1.97. The number of hydrogen-bond acceptors (Lipinski definition) is 2. The number of halogens is 2. The SMILES string of the molecule is O=[N+]([O-])c1ccc(C(Cl)c2ccccc2)cc1F. The van der Waals surface area contributed by atoms with E-state index in [1.165, 1.54) is 6.07 Å². The summed E-state index contributed by atoms with van der Waals surface area (Å²) in [6.45, 7) is 0. The molecule has 0 spiro atoms. The van der Waals surface area contributed by atoms with Crippen LogP contribution in [0.5, 0.6) is 0 Å². The van der Waals surface area contributed by atoms with Gasteiger partial charge < -0.3 is 0 Å². The lowest BCUT2D eigenvalue weighted by molar-refractivity contribution is -0.387. The first-order valence-electron chi connectivity index (χ1n) is 5.22. The van der Waals surface area contributed by atoms with E-state index in [9.17, 15) is 14.5 Å². The van der Waals surface area contributed by atoms with Crippen molar-refractivity contribution in [3.05, 3.63) is 75.6 Å². The number of hydrogen-bond donors (Lipinski definition) is 0. The van der Waals surface area contributed by atoms with Crippen LogP contribution in [0.15, 0.2) is 48.5 Å². The molecule has 2 aromatic rings. The molecule has 0 aliphatic heterocycles. The second kappa shape index (κ2) is 5.14. The van der Waals surface area contributed by atoms with E-state index in [4.69, 9.17) is 11.6 Å². The van der Waals surface area contributed by atoms with Gasteiger partial charge in [0.15, 0.2) is 0 Å². The molecule has 0 amide bonds. The highest BCUT2D eigenvalue weighted by Crippen LogP contribution is 2.30. The summed E-state index contributed by atoms with van der Waals surface area (Å²) in [6.07, 6.45) is 0. The van der Waals surface area contributed by atoms with Crippen molar-refractivity contribution < 1.29 is 9.31 Å². The molecule has 0 heterocycles. The molecule has 18 heavy (non-hydrogen) atoms. The Labute approximate surface area is 108 Å². The second-order valence-electron chi connectivity index (χ2n) is 3.74. The standard InChI is InChI=1S/C13H9ClFNO2/c14-13(9-4-2-1-3-5-9)10-6-7-12(16(17)18)11(15)8-10/h1-8,13H. The van der Waals surface area contributed by atoms with Crippen molar-refractivity contribution in [1.29, 1.82) is 0 Å². The molecule has 0 aliphatic carbocycles. The first-order chi connectivity index (χ1) is 8.59. The molecule has 0 radical (unpaired) electrons. The van der Waals surface area contributed by atoms with Crippen LogP contribution in [0.25, 0.3) is 0 Å². The van der Waals surface area contributed by atoms with E-state index in [1.807, 2.05) is 30.3 Å². The molecule has 2 aromatic carbocycles. The number of nitro benzene ring substituents is 1. The van der Waals surface area contributed by atoms with Crippen LogP contribution >= 0.6 is 11.6 Å². The molecule has 0 saturated carbocycles. The second-order valence-corrected chi connectivity index (χ2v) is 4.18. The van der Waals surface area contributed by atoms with Crippen LogP contribution in [-0.4, -0.2) is 4.92 Å². The van der Waals surface area contributed by atoms with Crippen LogP contribution in [0.4, 0.5) is 10.1 Å². The van der Waals surface area contributed by atoms with Crippen LogP contribution in [0.3, 0.4) is 0 Å². The Balaban J connectivity index is 2.35. The van der Waals surface area contributed by atoms with Gasteiger partial charge in [-0.05, 0) is 17.2 Å². The van der Waals surface area contributed by atoms with Gasteiger partial charge in [-0.25, -0.2) is 0 Å². The number of nitrogens with zero attached hydrogens (tertiary/aromatic N) is 1. The van der Waals surface area contributed by atoms with Crippen molar-refractivity contribution in [2.45, 2.75) is 5.38 Å². The van der Waals surface area contributed by atoms with Gasteiger partial charge in [-0.3, -0.25) is 10.1 Å². The number of benzene rings is 2. The summed E-state index contributed by atoms with van der Waals surface area (Å²) in [5, 5.41) is 9.98. The number of rotatable bonds is 3. The third-order valence-corrected chi connectivity index (χ3v) is 3.06. The molecule has 5 heteroatoms. The molecule has 1 unspecified atom stereocenters. The average molecular weight is 266 g/mol. The van der Waals surface area contributed by atoms with Crippen molar-refractivity contribution in [2.75, 3.05) is 0 Å². The van der Waals surface area contributed by atoms with Crippen molar-refractivity contribution in [2.24, 2.45) is 0 Å². The maximum atomic E-state index is 13.5. The van der Waals surface area contributed by atoms with Crippen molar-refractivity contribution in [3.8, 4) is 0 Å². The summed E-state index contributed by atoms with van der Waals surface area (Å²) in [4.78, 5) is 9.75. The van der Waals surface area contributed by atoms with Gasteiger partial charge in [0.1, 0.15) is 0 Å². The predicted octanol–water partition coefficient (Wildman–Crippen LogP) is 4.06. The van der Waals surface area contributed by atoms with E-state index in [1.54, 1.807) is 0 Å². The fraction of sp³-hybridized carbons (Fsp3) is 0.0769. The van der Waals surface area contributed by atoms with Crippen LogP contribution in [0, 0.1) is 15.9 Å². The zero-order chi connectivity index (χ0) is 13.1. The summed E-state index contributed by atoms with van der Waals surface area (Å²) >= 11 is 6.20. The number of nitro groups is 1. The summed E-state index contributed by atoms with van der Waals surface area (Å²) in [5.41, 5.74) is 0.758. The highest BCUT2D eigenvalue weighted by Gasteiger charge is 2.17. The smallest absolute Gasteiger partial charge is 0.258 e. The van der Waals surface area contributed by atoms with Gasteiger partial charge in [0, 0.05) is 6.07 Å². The van der Waals surface area contributed by atoms with Crippen molar-refractivity contribution in [1.82, 2.24) is 0 Å². The predicted molar refractivity (Wildman–Crippen MR) is 67.2 cm³/mol. The highest BCUT2D eigenvalue weighted by atomic mass is 35.5. The Morgan fingerprint density at radius 2 is 1.78 bits per heavy atom. The fourth-order valence-corrected chi connectivity index (χ4v) is 1.92. The lowest BCUT2D eigenvalue weighted by atomic mass is 10.0. The van der Waals surface area contributed by atoms with Crippen LogP contribution in [0.2, 0.25) is 0 Å². The summed E-state index contributed by atoms with van der Waals surface area (Å²) in [6, 6.07) is 12.8. The van der Waals surface area contributed by atoms with Crippen molar-refractivity contribution >= 4 is 17.3 Å². The first kappa shape index (κ1) is 12.5. The maximum absolute atomic E-state index is 13.5. The van der Waals surface area contributed by atoms with E-state index in [2.05, 4.69) is 0 Å². The zero-order valence-corrected chi connectivity index (χ0v) is 9.97. The third-order valence-electron chi connectivity index (χ3n) is 2.55. The van der Waals surface area contributed by atoms with E-state index < -0.39 is 21.8 Å². The third kappa shape index (κ3) is 2.49. The summed E-state index contributed by atoms with van der Waals surface area (Å²) in [7, 11) is 0. The van der Waals surface area contributed by atoms with Crippen molar-refractivity contribution in [3.63, 3.8) is 0 Å².